The van der Waals surface area contributed by atoms with Crippen molar-refractivity contribution in [3.8, 4) is 0 Å². The summed E-state index contributed by atoms with van der Waals surface area (Å²) < 4.78 is 0. The predicted molar refractivity (Wildman–Crippen MR) is 53.6 cm³/mol. The molecule has 14 heavy (non-hydrogen) atoms. The molecule has 4 nitrogen and oxygen atoms in total. The van der Waals surface area contributed by atoms with E-state index in [9.17, 15) is 4.79 Å². The summed E-state index contributed by atoms with van der Waals surface area (Å²) in [7, 11) is 0. The van der Waals surface area contributed by atoms with Gasteiger partial charge in [0.2, 0.25) is 5.91 Å². The van der Waals surface area contributed by atoms with Crippen LogP contribution in [0.2, 0.25) is 0 Å². The maximum absolute atomic E-state index is 11.5. The molecule has 1 fully saturated rings. The van der Waals surface area contributed by atoms with Gasteiger partial charge in [-0.25, -0.2) is 4.98 Å². The van der Waals surface area contributed by atoms with Crippen LogP contribution in [-0.4, -0.2) is 16.9 Å². The third-order valence-corrected chi connectivity index (χ3v) is 2.46. The van der Waals surface area contributed by atoms with Crippen molar-refractivity contribution in [2.45, 2.75) is 18.9 Å². The van der Waals surface area contributed by atoms with E-state index in [0.717, 1.165) is 12.8 Å². The second-order valence-corrected chi connectivity index (χ2v) is 3.63. The fourth-order valence-electron chi connectivity index (χ4n) is 1.54. The summed E-state index contributed by atoms with van der Waals surface area (Å²) in [6.45, 7) is 0. The zero-order chi connectivity index (χ0) is 9.97. The van der Waals surface area contributed by atoms with E-state index < -0.39 is 0 Å². The van der Waals surface area contributed by atoms with Gasteiger partial charge in [-0.15, -0.1) is 0 Å². The first-order valence-corrected chi connectivity index (χ1v) is 4.73. The lowest BCUT2D eigenvalue weighted by atomic mass is 9.80. The molecule has 1 aliphatic carbocycles. The third-order valence-electron chi connectivity index (χ3n) is 2.46. The highest BCUT2D eigenvalue weighted by molar-refractivity contribution is 5.92. The van der Waals surface area contributed by atoms with Gasteiger partial charge in [0.15, 0.2) is 0 Å². The maximum Gasteiger partial charge on any atom is 0.228 e. The van der Waals surface area contributed by atoms with Crippen LogP contribution in [-0.2, 0) is 4.79 Å². The van der Waals surface area contributed by atoms with Crippen molar-refractivity contribution in [1.82, 2.24) is 4.98 Å². The van der Waals surface area contributed by atoms with Crippen molar-refractivity contribution >= 4 is 11.7 Å². The highest BCUT2D eigenvalue weighted by Crippen LogP contribution is 2.26. The molecule has 1 amide bonds. The van der Waals surface area contributed by atoms with Crippen LogP contribution in [0.15, 0.2) is 24.4 Å². The standard InChI is InChI=1S/C10H13N3O/c11-8-5-7(6-8)10(14)13-9-3-1-2-4-12-9/h1-4,7-8H,5-6,11H2,(H,12,13,14). The molecule has 0 unspecified atom stereocenters. The number of hydrogen-bond donors (Lipinski definition) is 2. The molecular weight excluding hydrogens is 178 g/mol. The monoisotopic (exact) mass is 191 g/mol. The van der Waals surface area contributed by atoms with E-state index in [-0.39, 0.29) is 17.9 Å². The summed E-state index contributed by atoms with van der Waals surface area (Å²) in [4.78, 5) is 15.5. The maximum atomic E-state index is 11.5. The lowest BCUT2D eigenvalue weighted by molar-refractivity contribution is -0.122. The molecule has 1 saturated carbocycles. The molecule has 74 valence electrons. The molecule has 0 saturated heterocycles. The number of carbonyl (C=O) groups excluding carboxylic acids is 1. The molecule has 0 aliphatic heterocycles. The lowest BCUT2D eigenvalue weighted by Gasteiger charge is -2.30. The summed E-state index contributed by atoms with van der Waals surface area (Å²) >= 11 is 0. The number of nitrogens with two attached hydrogens (primary N) is 1. The van der Waals surface area contributed by atoms with Gasteiger partial charge < -0.3 is 11.1 Å². The van der Waals surface area contributed by atoms with Gasteiger partial charge in [0.05, 0.1) is 0 Å². The molecule has 1 heterocycles. The summed E-state index contributed by atoms with van der Waals surface area (Å²) in [5.74, 6) is 0.718. The van der Waals surface area contributed by atoms with E-state index in [4.69, 9.17) is 5.73 Å². The number of hydrogen-bond acceptors (Lipinski definition) is 3. The molecule has 0 spiro atoms. The van der Waals surface area contributed by atoms with Crippen LogP contribution < -0.4 is 11.1 Å². The Kier molecular flexibility index (Phi) is 2.45. The molecule has 1 aromatic heterocycles. The van der Waals surface area contributed by atoms with Gasteiger partial charge in [-0.05, 0) is 25.0 Å². The number of nitrogens with zero attached hydrogens (tertiary/aromatic N) is 1. The number of carbonyl (C=O) groups is 1. The largest absolute Gasteiger partial charge is 0.328 e. The first-order chi connectivity index (χ1) is 6.75. The quantitative estimate of drug-likeness (QED) is 0.725. The van der Waals surface area contributed by atoms with Crippen LogP contribution in [0.4, 0.5) is 5.82 Å². The molecule has 0 aromatic carbocycles. The van der Waals surface area contributed by atoms with Crippen LogP contribution in [0, 0.1) is 5.92 Å². The number of amides is 1. The molecule has 0 atom stereocenters. The zero-order valence-corrected chi connectivity index (χ0v) is 7.81. The first kappa shape index (κ1) is 9.15. The average molecular weight is 191 g/mol. The van der Waals surface area contributed by atoms with Crippen molar-refractivity contribution in [2.75, 3.05) is 5.32 Å². The normalized spacial score (nSPS) is 25.2. The Labute approximate surface area is 82.5 Å². The van der Waals surface area contributed by atoms with Gasteiger partial charge in [0.25, 0.3) is 0 Å². The molecule has 0 bridgehead atoms. The minimum atomic E-state index is 0.0328. The predicted octanol–water partition coefficient (Wildman–Crippen LogP) is 0.757. The van der Waals surface area contributed by atoms with E-state index in [1.165, 1.54) is 0 Å². The second kappa shape index (κ2) is 3.75. The van der Waals surface area contributed by atoms with Crippen LogP contribution in [0.25, 0.3) is 0 Å². The fraction of sp³-hybridized carbons (Fsp3) is 0.400. The number of nitrogens with one attached hydrogen (secondary N) is 1. The topological polar surface area (TPSA) is 68.0 Å². The Morgan fingerprint density at radius 1 is 1.50 bits per heavy atom. The van der Waals surface area contributed by atoms with E-state index in [0.29, 0.717) is 5.82 Å². The van der Waals surface area contributed by atoms with Gasteiger partial charge >= 0.3 is 0 Å². The molecular formula is C10H13N3O. The van der Waals surface area contributed by atoms with Crippen LogP contribution in [0.5, 0.6) is 0 Å². The highest BCUT2D eigenvalue weighted by atomic mass is 16.2. The van der Waals surface area contributed by atoms with E-state index in [2.05, 4.69) is 10.3 Å². The molecule has 4 heteroatoms. The number of rotatable bonds is 2. The summed E-state index contributed by atoms with van der Waals surface area (Å²) in [6, 6.07) is 5.63. The lowest BCUT2D eigenvalue weighted by Crippen LogP contribution is -2.42. The molecule has 1 aromatic rings. The Hall–Kier alpha value is -1.42. The van der Waals surface area contributed by atoms with Gasteiger partial charge in [-0.3, -0.25) is 4.79 Å². The Bertz CT molecular complexity index is 319. The molecule has 0 radical (unpaired) electrons. The van der Waals surface area contributed by atoms with Gasteiger partial charge in [-0.2, -0.15) is 0 Å². The minimum Gasteiger partial charge on any atom is -0.328 e. The Morgan fingerprint density at radius 2 is 2.29 bits per heavy atom. The fourth-order valence-corrected chi connectivity index (χ4v) is 1.54. The van der Waals surface area contributed by atoms with E-state index in [1.54, 1.807) is 12.3 Å². The van der Waals surface area contributed by atoms with Crippen LogP contribution in [0.1, 0.15) is 12.8 Å². The number of pyridine rings is 1. The van der Waals surface area contributed by atoms with Crippen LogP contribution in [0.3, 0.4) is 0 Å². The van der Waals surface area contributed by atoms with Gasteiger partial charge in [-0.1, -0.05) is 6.07 Å². The molecule has 3 N–H and O–H groups in total. The van der Waals surface area contributed by atoms with Crippen molar-refractivity contribution in [2.24, 2.45) is 11.7 Å². The number of anilines is 1. The van der Waals surface area contributed by atoms with Crippen LogP contribution >= 0.6 is 0 Å². The summed E-state index contributed by atoms with van der Waals surface area (Å²) in [5, 5.41) is 2.76. The van der Waals surface area contributed by atoms with Gasteiger partial charge in [0.1, 0.15) is 5.82 Å². The summed E-state index contributed by atoms with van der Waals surface area (Å²) in [6.07, 6.45) is 3.24. The third kappa shape index (κ3) is 1.90. The highest BCUT2D eigenvalue weighted by Gasteiger charge is 2.31. The van der Waals surface area contributed by atoms with E-state index >= 15 is 0 Å². The molecule has 1 aliphatic rings. The smallest absolute Gasteiger partial charge is 0.228 e. The van der Waals surface area contributed by atoms with Crippen molar-refractivity contribution in [3.63, 3.8) is 0 Å². The van der Waals surface area contributed by atoms with Crippen molar-refractivity contribution in [3.05, 3.63) is 24.4 Å². The summed E-state index contributed by atoms with van der Waals surface area (Å²) in [5.41, 5.74) is 5.60. The second-order valence-electron chi connectivity index (χ2n) is 3.63. The SMILES string of the molecule is NC1CC(C(=O)Nc2ccccn2)C1. The Morgan fingerprint density at radius 3 is 2.86 bits per heavy atom. The first-order valence-electron chi connectivity index (χ1n) is 4.73. The van der Waals surface area contributed by atoms with Crippen molar-refractivity contribution in [1.29, 1.82) is 0 Å². The van der Waals surface area contributed by atoms with Gasteiger partial charge in [0, 0.05) is 18.2 Å². The van der Waals surface area contributed by atoms with Crippen molar-refractivity contribution < 1.29 is 4.79 Å². The minimum absolute atomic E-state index is 0.0328. The molecule has 2 rings (SSSR count). The average Bonchev–Trinajstić information content (AvgIpc) is 2.14. The van der Waals surface area contributed by atoms with E-state index in [1.807, 2.05) is 12.1 Å². The zero-order valence-electron chi connectivity index (χ0n) is 7.81. The number of aromatic nitrogens is 1. The Balaban J connectivity index is 1.89.